The van der Waals surface area contributed by atoms with Crippen LogP contribution in [0, 0.1) is 11.8 Å². The Morgan fingerprint density at radius 3 is 1.57 bits per heavy atom. The average Bonchev–Trinajstić information content (AvgIpc) is 3.27. The summed E-state index contributed by atoms with van der Waals surface area (Å²) in [7, 11) is 0. The molecule has 8 atom stereocenters. The Balaban J connectivity index is 2.36. The summed E-state index contributed by atoms with van der Waals surface area (Å²) < 4.78 is 0.594. The lowest BCUT2D eigenvalue weighted by Crippen LogP contribution is -2.61. The molecule has 0 aliphatic rings. The summed E-state index contributed by atoms with van der Waals surface area (Å²) in [5.74, 6) is -13.1. The second kappa shape index (κ2) is 29.2. The molecule has 70 heavy (non-hydrogen) atoms. The van der Waals surface area contributed by atoms with Crippen LogP contribution in [0.2, 0.25) is 0 Å². The molecular weight excluding hydrogens is 984 g/mol. The van der Waals surface area contributed by atoms with Crippen LogP contribution in [0.15, 0.2) is 59.1 Å². The number of carbonyl (C=O) groups excluding carboxylic acids is 7. The molecule has 2 aromatic carbocycles. The number of amides is 7. The van der Waals surface area contributed by atoms with Crippen LogP contribution in [0.5, 0.6) is 0 Å². The van der Waals surface area contributed by atoms with E-state index >= 15 is 0 Å². The van der Waals surface area contributed by atoms with E-state index < -0.39 is 145 Å². The molecule has 2 rings (SSSR count). The number of nitrogens with two attached hydrogens (primary N) is 1. The van der Waals surface area contributed by atoms with Gasteiger partial charge in [0.15, 0.2) is 0 Å². The Labute approximate surface area is 412 Å². The van der Waals surface area contributed by atoms with Crippen molar-refractivity contribution in [2.24, 2.45) is 17.6 Å². The van der Waals surface area contributed by atoms with Crippen LogP contribution in [0.4, 0.5) is 0 Å². The van der Waals surface area contributed by atoms with Gasteiger partial charge in [0.1, 0.15) is 42.3 Å². The molecule has 0 radical (unpaired) electrons. The number of hydrogen-bond acceptors (Lipinski definition) is 12. The van der Waals surface area contributed by atoms with Gasteiger partial charge in [-0.1, -0.05) is 86.1 Å². The van der Waals surface area contributed by atoms with Gasteiger partial charge in [-0.2, -0.15) is 0 Å². The summed E-state index contributed by atoms with van der Waals surface area (Å²) in [6.07, 6.45) is -3.11. The van der Waals surface area contributed by atoms with Crippen LogP contribution in [0.25, 0.3) is 0 Å². The molecule has 0 saturated carbocycles. The number of carboxylic acids is 4. The molecule has 0 aromatic heterocycles. The van der Waals surface area contributed by atoms with E-state index in [1.807, 2.05) is 0 Å². The number of carbonyl (C=O) groups is 11. The zero-order valence-corrected chi connectivity index (χ0v) is 40.9. The molecule has 7 amide bonds. The maximum absolute atomic E-state index is 14.1. The lowest BCUT2D eigenvalue weighted by molar-refractivity contribution is -0.143. The smallest absolute Gasteiger partial charge is 0.326 e. The number of hydrogen-bond donors (Lipinski definition) is 12. The molecule has 0 saturated heterocycles. The third-order valence-electron chi connectivity index (χ3n) is 10.5. The van der Waals surface area contributed by atoms with Crippen molar-refractivity contribution in [2.45, 2.75) is 134 Å². The minimum atomic E-state index is -1.88. The molecule has 24 heteroatoms. The van der Waals surface area contributed by atoms with E-state index in [9.17, 15) is 68.1 Å². The van der Waals surface area contributed by atoms with E-state index in [2.05, 4.69) is 53.1 Å². The predicted octanol–water partition coefficient (Wildman–Crippen LogP) is -0.0339. The molecule has 0 aliphatic carbocycles. The van der Waals surface area contributed by atoms with E-state index in [1.165, 1.54) is 0 Å². The lowest BCUT2D eigenvalue weighted by Gasteiger charge is -2.28. The molecule has 0 aliphatic heterocycles. The van der Waals surface area contributed by atoms with Crippen molar-refractivity contribution in [2.75, 3.05) is 0 Å². The molecular formula is C46H63BrN8O15. The first-order chi connectivity index (χ1) is 32.8. The minimum absolute atomic E-state index is 0.0241. The first kappa shape index (κ1) is 59.2. The van der Waals surface area contributed by atoms with Crippen molar-refractivity contribution < 1.29 is 73.2 Å². The van der Waals surface area contributed by atoms with Crippen LogP contribution in [-0.4, -0.2) is 134 Å². The third kappa shape index (κ3) is 21.6. The molecule has 0 heterocycles. The van der Waals surface area contributed by atoms with Crippen molar-refractivity contribution in [1.82, 2.24) is 37.2 Å². The SMILES string of the molecule is CC(C)C[C@H](NC(=O)[C@@H](NC(=O)[C@@H](N)CCC(=O)O)C(C)C)C(=O)N[C@@H](Cc1cccc(Br)c1)C(=O)N[C@@H](CC(=O)O)C(=O)N[C@@H](C)C(=O)N[C@@H](CCC(=O)O)C(=O)N[C@@H](Cc1ccccc1)C(=O)O. The van der Waals surface area contributed by atoms with E-state index in [1.54, 1.807) is 82.3 Å². The Hall–Kier alpha value is -6.95. The molecule has 23 nitrogen and oxygen atoms in total. The number of carboxylic acid groups (broad SMARTS) is 4. The Morgan fingerprint density at radius 2 is 1.01 bits per heavy atom. The monoisotopic (exact) mass is 1050 g/mol. The number of halogens is 1. The van der Waals surface area contributed by atoms with E-state index in [4.69, 9.17) is 10.8 Å². The minimum Gasteiger partial charge on any atom is -0.481 e. The van der Waals surface area contributed by atoms with Crippen LogP contribution in [0.3, 0.4) is 0 Å². The Bertz CT molecular complexity index is 2190. The fourth-order valence-electron chi connectivity index (χ4n) is 6.74. The molecule has 2 aromatic rings. The van der Waals surface area contributed by atoms with E-state index in [0.29, 0.717) is 15.6 Å². The standard InChI is InChI=1S/C46H63BrN8O15/c1-23(2)18-31(53-45(68)38(24(3)4)55-40(63)29(48)14-16-35(56)57)43(66)51-32(21-27-12-9-13-28(47)19-27)44(67)52-33(22-37(60)61)42(65)49-25(5)39(62)50-30(15-17-36(58)59)41(64)54-34(46(69)70)20-26-10-7-6-8-11-26/h6-13,19,23-25,29-34,38H,14-18,20-22,48H2,1-5H3,(H,49,65)(H,50,62)(H,51,66)(H,52,67)(H,53,68)(H,54,64)(H,55,63)(H,56,57)(H,58,59)(H,60,61)(H,69,70)/t25-,29-,30-,31-,32-,33-,34-,38-/m0/s1. The summed E-state index contributed by atoms with van der Waals surface area (Å²) in [6.45, 7) is 7.89. The van der Waals surface area contributed by atoms with Crippen LogP contribution in [0.1, 0.15) is 84.3 Å². The quantitative estimate of drug-likeness (QED) is 0.0489. The van der Waals surface area contributed by atoms with Gasteiger partial charge in [-0.25, -0.2) is 4.79 Å². The summed E-state index contributed by atoms with van der Waals surface area (Å²) in [5.41, 5.74) is 6.90. The third-order valence-corrected chi connectivity index (χ3v) is 11.0. The van der Waals surface area contributed by atoms with Crippen molar-refractivity contribution in [3.05, 3.63) is 70.2 Å². The van der Waals surface area contributed by atoms with E-state index in [-0.39, 0.29) is 31.6 Å². The predicted molar refractivity (Wildman–Crippen MR) is 253 cm³/mol. The largest absolute Gasteiger partial charge is 0.481 e. The second-order valence-electron chi connectivity index (χ2n) is 17.3. The summed E-state index contributed by atoms with van der Waals surface area (Å²) in [4.78, 5) is 142. The van der Waals surface area contributed by atoms with Crippen molar-refractivity contribution in [1.29, 1.82) is 0 Å². The Morgan fingerprint density at radius 1 is 0.514 bits per heavy atom. The summed E-state index contributed by atoms with van der Waals surface area (Å²) in [5, 5.41) is 54.7. The fourth-order valence-corrected chi connectivity index (χ4v) is 7.19. The van der Waals surface area contributed by atoms with E-state index in [0.717, 1.165) is 6.92 Å². The normalized spacial score (nSPS) is 14.5. The van der Waals surface area contributed by atoms with Crippen molar-refractivity contribution >= 4 is 81.2 Å². The highest BCUT2D eigenvalue weighted by Crippen LogP contribution is 2.15. The highest BCUT2D eigenvalue weighted by Gasteiger charge is 2.35. The average molecular weight is 1050 g/mol. The highest BCUT2D eigenvalue weighted by atomic mass is 79.9. The number of benzene rings is 2. The van der Waals surface area contributed by atoms with Crippen LogP contribution < -0.4 is 43.0 Å². The number of rotatable bonds is 30. The maximum atomic E-state index is 14.1. The molecule has 0 unspecified atom stereocenters. The van der Waals surface area contributed by atoms with Gasteiger partial charge >= 0.3 is 23.9 Å². The molecule has 0 bridgehead atoms. The van der Waals surface area contributed by atoms with Gasteiger partial charge in [0.05, 0.1) is 12.5 Å². The van der Waals surface area contributed by atoms with Crippen LogP contribution in [-0.2, 0) is 65.6 Å². The summed E-state index contributed by atoms with van der Waals surface area (Å²) in [6, 6.07) is 3.02. The van der Waals surface area contributed by atoms with Crippen LogP contribution >= 0.6 is 15.9 Å². The van der Waals surface area contributed by atoms with Crippen molar-refractivity contribution in [3.63, 3.8) is 0 Å². The molecule has 13 N–H and O–H groups in total. The topological polar surface area (TPSA) is 379 Å². The summed E-state index contributed by atoms with van der Waals surface area (Å²) >= 11 is 3.35. The van der Waals surface area contributed by atoms with Gasteiger partial charge in [0, 0.05) is 30.2 Å². The van der Waals surface area contributed by atoms with Crippen molar-refractivity contribution in [3.8, 4) is 0 Å². The van der Waals surface area contributed by atoms with Gasteiger partial charge in [-0.15, -0.1) is 0 Å². The van der Waals surface area contributed by atoms with Gasteiger partial charge in [0.2, 0.25) is 41.4 Å². The van der Waals surface area contributed by atoms with Gasteiger partial charge in [0.25, 0.3) is 0 Å². The lowest BCUT2D eigenvalue weighted by atomic mass is 9.98. The molecule has 0 fully saturated rings. The van der Waals surface area contributed by atoms with Gasteiger partial charge in [-0.3, -0.25) is 47.9 Å². The zero-order valence-electron chi connectivity index (χ0n) is 39.4. The first-order valence-corrected chi connectivity index (χ1v) is 23.1. The zero-order chi connectivity index (χ0) is 52.8. The molecule has 0 spiro atoms. The number of nitrogens with one attached hydrogen (secondary N) is 7. The maximum Gasteiger partial charge on any atom is 0.326 e. The van der Waals surface area contributed by atoms with Gasteiger partial charge < -0.3 is 63.4 Å². The number of aliphatic carboxylic acids is 4. The second-order valence-corrected chi connectivity index (χ2v) is 18.2. The molecule has 384 valence electrons. The Kier molecular flexibility index (Phi) is 24.7. The fraction of sp³-hybridized carbons (Fsp3) is 0.500. The first-order valence-electron chi connectivity index (χ1n) is 22.3. The highest BCUT2D eigenvalue weighted by molar-refractivity contribution is 9.10. The van der Waals surface area contributed by atoms with Gasteiger partial charge in [-0.05, 0) is 61.3 Å².